The number of rotatable bonds is 6. The molecule has 0 bridgehead atoms. The average molecular weight is 335 g/mol. The molecule has 0 amide bonds. The van der Waals surface area contributed by atoms with Crippen molar-refractivity contribution in [3.63, 3.8) is 0 Å². The van der Waals surface area contributed by atoms with Crippen molar-refractivity contribution in [2.45, 2.75) is 79.8 Å². The van der Waals surface area contributed by atoms with Gasteiger partial charge in [0.15, 0.2) is 0 Å². The van der Waals surface area contributed by atoms with Gasteiger partial charge < -0.3 is 9.47 Å². The van der Waals surface area contributed by atoms with Gasteiger partial charge in [-0.15, -0.1) is 0 Å². The zero-order chi connectivity index (χ0) is 18.5. The van der Waals surface area contributed by atoms with Gasteiger partial charge in [0, 0.05) is 0 Å². The normalized spacial score (nSPS) is 13.2. The second kappa shape index (κ2) is 8.55. The van der Waals surface area contributed by atoms with E-state index in [-0.39, 0.29) is 0 Å². The molecule has 136 valence electrons. The zero-order valence-electron chi connectivity index (χ0n) is 16.6. The van der Waals surface area contributed by atoms with Crippen LogP contribution in [0.1, 0.15) is 78.4 Å². The van der Waals surface area contributed by atoms with Crippen LogP contribution in [-0.4, -0.2) is 11.8 Å². The van der Waals surface area contributed by atoms with Crippen molar-refractivity contribution in [1.82, 2.24) is 0 Å². The van der Waals surface area contributed by atoms with E-state index < -0.39 is 11.8 Å². The molecule has 0 radical (unpaired) electrons. The van der Waals surface area contributed by atoms with E-state index in [1.807, 2.05) is 33.8 Å². The van der Waals surface area contributed by atoms with E-state index >= 15 is 0 Å². The van der Waals surface area contributed by atoms with E-state index in [1.54, 1.807) is 0 Å². The summed E-state index contributed by atoms with van der Waals surface area (Å²) in [5.74, 6) is 2.39. The lowest BCUT2D eigenvalue weighted by atomic mass is 9.83. The lowest BCUT2D eigenvalue weighted by Crippen LogP contribution is -2.26. The van der Waals surface area contributed by atoms with E-state index in [1.165, 1.54) is 18.4 Å². The highest BCUT2D eigenvalue weighted by molar-refractivity contribution is 5.65. The standard InChI is InChI=1S/C21H34O3/c1-14(2)9-11-18(15(3)4)17-10-12-19(16(5)13-17)23-20(22)24-21(6,7)8/h10,12-15,18H,9,11H2,1-8H3. The Bertz CT molecular complexity index is 539. The highest BCUT2D eigenvalue weighted by Gasteiger charge is 2.20. The van der Waals surface area contributed by atoms with Crippen LogP contribution in [0.4, 0.5) is 4.79 Å². The Morgan fingerprint density at radius 1 is 1.08 bits per heavy atom. The third-order valence-electron chi connectivity index (χ3n) is 4.07. The Kier molecular flexibility index (Phi) is 7.31. The molecule has 1 aromatic carbocycles. The van der Waals surface area contributed by atoms with Gasteiger partial charge in [-0.25, -0.2) is 4.79 Å². The molecule has 0 saturated carbocycles. The number of carbonyl (C=O) groups is 1. The first-order valence-electron chi connectivity index (χ1n) is 9.01. The maximum Gasteiger partial charge on any atom is 0.514 e. The first-order valence-corrected chi connectivity index (χ1v) is 9.01. The molecule has 0 aliphatic heterocycles. The molecular weight excluding hydrogens is 300 g/mol. The van der Waals surface area contributed by atoms with Crippen LogP contribution in [0.2, 0.25) is 0 Å². The summed E-state index contributed by atoms with van der Waals surface area (Å²) in [7, 11) is 0. The molecule has 3 nitrogen and oxygen atoms in total. The largest absolute Gasteiger partial charge is 0.514 e. The molecule has 24 heavy (non-hydrogen) atoms. The summed E-state index contributed by atoms with van der Waals surface area (Å²) in [5, 5.41) is 0. The highest BCUT2D eigenvalue weighted by atomic mass is 16.7. The van der Waals surface area contributed by atoms with Gasteiger partial charge in [-0.05, 0) is 69.1 Å². The molecule has 0 spiro atoms. The minimum Gasteiger partial charge on any atom is -0.428 e. The SMILES string of the molecule is Cc1cc(C(CCC(C)C)C(C)C)ccc1OC(=O)OC(C)(C)C. The Balaban J connectivity index is 2.87. The van der Waals surface area contributed by atoms with Gasteiger partial charge in [0.25, 0.3) is 0 Å². The lowest BCUT2D eigenvalue weighted by Gasteiger charge is -2.23. The Labute approximate surface area is 147 Å². The van der Waals surface area contributed by atoms with Gasteiger partial charge in [0.05, 0.1) is 0 Å². The third-order valence-corrected chi connectivity index (χ3v) is 4.07. The maximum absolute atomic E-state index is 11.8. The Morgan fingerprint density at radius 2 is 1.71 bits per heavy atom. The van der Waals surface area contributed by atoms with Crippen molar-refractivity contribution >= 4 is 6.16 Å². The van der Waals surface area contributed by atoms with Crippen LogP contribution in [0.25, 0.3) is 0 Å². The minimum atomic E-state index is -0.654. The summed E-state index contributed by atoms with van der Waals surface area (Å²) in [6.07, 6.45) is 1.75. The predicted octanol–water partition coefficient (Wildman–Crippen LogP) is 6.48. The third kappa shape index (κ3) is 6.94. The molecule has 0 aliphatic rings. The first kappa shape index (κ1) is 20.5. The van der Waals surface area contributed by atoms with Crippen LogP contribution in [-0.2, 0) is 4.74 Å². The monoisotopic (exact) mass is 334 g/mol. The summed E-state index contributed by atoms with van der Waals surface area (Å²) in [6, 6.07) is 6.11. The summed E-state index contributed by atoms with van der Waals surface area (Å²) in [5.41, 5.74) is 1.73. The van der Waals surface area contributed by atoms with Crippen molar-refractivity contribution in [2.75, 3.05) is 0 Å². The minimum absolute atomic E-state index is 0.529. The van der Waals surface area contributed by atoms with Crippen LogP contribution in [0.5, 0.6) is 5.75 Å². The fraction of sp³-hybridized carbons (Fsp3) is 0.667. The van der Waals surface area contributed by atoms with Gasteiger partial charge in [-0.2, -0.15) is 0 Å². The van der Waals surface area contributed by atoms with E-state index in [9.17, 15) is 4.79 Å². The molecule has 0 aromatic heterocycles. The summed E-state index contributed by atoms with van der Waals surface area (Å²) < 4.78 is 10.6. The van der Waals surface area contributed by atoms with Crippen LogP contribution < -0.4 is 4.74 Å². The van der Waals surface area contributed by atoms with Crippen molar-refractivity contribution in [2.24, 2.45) is 11.8 Å². The zero-order valence-corrected chi connectivity index (χ0v) is 16.6. The molecule has 1 unspecified atom stereocenters. The lowest BCUT2D eigenvalue weighted by molar-refractivity contribution is 0.0204. The maximum atomic E-state index is 11.8. The summed E-state index contributed by atoms with van der Waals surface area (Å²) in [6.45, 7) is 16.5. The topological polar surface area (TPSA) is 35.5 Å². The molecule has 3 heteroatoms. The summed E-state index contributed by atoms with van der Waals surface area (Å²) in [4.78, 5) is 11.8. The number of ether oxygens (including phenoxy) is 2. The van der Waals surface area contributed by atoms with Crippen molar-refractivity contribution in [1.29, 1.82) is 0 Å². The summed E-state index contributed by atoms with van der Waals surface area (Å²) >= 11 is 0. The molecule has 1 atom stereocenters. The van der Waals surface area contributed by atoms with E-state index in [2.05, 4.69) is 39.8 Å². The second-order valence-electron chi connectivity index (χ2n) is 8.41. The van der Waals surface area contributed by atoms with Gasteiger partial charge in [-0.1, -0.05) is 46.2 Å². The second-order valence-corrected chi connectivity index (χ2v) is 8.41. The molecule has 1 aromatic rings. The fourth-order valence-electron chi connectivity index (χ4n) is 2.78. The van der Waals surface area contributed by atoms with E-state index in [4.69, 9.17) is 9.47 Å². The Hall–Kier alpha value is -1.51. The number of benzene rings is 1. The number of hydrogen-bond acceptors (Lipinski definition) is 3. The van der Waals surface area contributed by atoms with Crippen molar-refractivity contribution < 1.29 is 14.3 Å². The van der Waals surface area contributed by atoms with Crippen molar-refractivity contribution in [3.8, 4) is 5.75 Å². The van der Waals surface area contributed by atoms with Crippen LogP contribution in [0.15, 0.2) is 18.2 Å². The smallest absolute Gasteiger partial charge is 0.428 e. The van der Waals surface area contributed by atoms with Gasteiger partial charge in [0.1, 0.15) is 11.4 Å². The highest BCUT2D eigenvalue weighted by Crippen LogP contribution is 2.33. The molecule has 1 rings (SSSR count). The van der Waals surface area contributed by atoms with E-state index in [0.29, 0.717) is 23.5 Å². The molecular formula is C21H34O3. The van der Waals surface area contributed by atoms with Gasteiger partial charge >= 0.3 is 6.16 Å². The van der Waals surface area contributed by atoms with Gasteiger partial charge in [-0.3, -0.25) is 0 Å². The molecule has 0 aliphatic carbocycles. The number of carbonyl (C=O) groups excluding carboxylic acids is 1. The molecule has 0 saturated heterocycles. The predicted molar refractivity (Wildman–Crippen MR) is 99.7 cm³/mol. The number of hydrogen-bond donors (Lipinski definition) is 0. The number of aryl methyl sites for hydroxylation is 1. The fourth-order valence-corrected chi connectivity index (χ4v) is 2.78. The quantitative estimate of drug-likeness (QED) is 0.441. The van der Waals surface area contributed by atoms with E-state index in [0.717, 1.165) is 5.56 Å². The molecule has 0 heterocycles. The van der Waals surface area contributed by atoms with Crippen LogP contribution >= 0.6 is 0 Å². The van der Waals surface area contributed by atoms with Crippen LogP contribution in [0, 0.1) is 18.8 Å². The Morgan fingerprint density at radius 3 is 2.17 bits per heavy atom. The molecule has 0 N–H and O–H groups in total. The average Bonchev–Trinajstić information content (AvgIpc) is 2.39. The first-order chi connectivity index (χ1) is 11.0. The van der Waals surface area contributed by atoms with Crippen molar-refractivity contribution in [3.05, 3.63) is 29.3 Å². The van der Waals surface area contributed by atoms with Gasteiger partial charge in [0.2, 0.25) is 0 Å². The van der Waals surface area contributed by atoms with Crippen LogP contribution in [0.3, 0.4) is 0 Å². The molecule has 0 fully saturated rings.